The fourth-order valence-electron chi connectivity index (χ4n) is 2.95. The molecule has 0 saturated carbocycles. The van der Waals surface area contributed by atoms with Gasteiger partial charge in [-0.05, 0) is 43.2 Å². The molecule has 0 fully saturated rings. The van der Waals surface area contributed by atoms with Crippen molar-refractivity contribution in [2.75, 3.05) is 7.11 Å². The van der Waals surface area contributed by atoms with E-state index in [1.54, 1.807) is 7.11 Å². The number of hydrogen-bond acceptors (Lipinski definition) is 2. The number of ether oxygens (including phenoxy) is 1. The van der Waals surface area contributed by atoms with Gasteiger partial charge in [-0.3, -0.25) is 0 Å². The number of benzene rings is 1. The van der Waals surface area contributed by atoms with E-state index in [1.807, 2.05) is 28.8 Å². The molecule has 4 heteroatoms. The largest absolute Gasteiger partial charge is 0.497 e. The van der Waals surface area contributed by atoms with E-state index < -0.39 is 0 Å². The smallest absolute Gasteiger partial charge is 0.120 e. The fourth-order valence-corrected chi connectivity index (χ4v) is 3.22. The zero-order chi connectivity index (χ0) is 15.9. The van der Waals surface area contributed by atoms with E-state index in [1.165, 1.54) is 5.56 Å². The predicted molar refractivity (Wildman–Crippen MR) is 91.0 cm³/mol. The van der Waals surface area contributed by atoms with Crippen LogP contribution in [-0.2, 0) is 0 Å². The van der Waals surface area contributed by atoms with Crippen LogP contribution >= 0.6 is 11.6 Å². The lowest BCUT2D eigenvalue weighted by Crippen LogP contribution is -1.95. The zero-order valence-corrected chi connectivity index (χ0v) is 14.0. The molecule has 0 radical (unpaired) electrons. The average Bonchev–Trinajstić information content (AvgIpc) is 2.83. The molecular weight excluding hydrogens is 296 g/mol. The van der Waals surface area contributed by atoms with Crippen LogP contribution in [0.3, 0.4) is 0 Å². The highest BCUT2D eigenvalue weighted by Crippen LogP contribution is 2.33. The summed E-state index contributed by atoms with van der Waals surface area (Å²) in [5.41, 5.74) is 5.42. The summed E-state index contributed by atoms with van der Waals surface area (Å²) in [6.07, 6.45) is 0. The van der Waals surface area contributed by atoms with Gasteiger partial charge in [0.05, 0.1) is 29.0 Å². The van der Waals surface area contributed by atoms with E-state index in [-0.39, 0.29) is 0 Å². The molecule has 3 aromatic rings. The molecule has 0 aliphatic rings. The van der Waals surface area contributed by atoms with Gasteiger partial charge in [-0.25, -0.2) is 4.52 Å². The van der Waals surface area contributed by atoms with Crippen LogP contribution in [0.4, 0.5) is 0 Å². The highest BCUT2D eigenvalue weighted by molar-refractivity contribution is 6.33. The molecular formula is C18H19ClN2O. The third kappa shape index (κ3) is 2.35. The second kappa shape index (κ2) is 5.65. The Hall–Kier alpha value is -2.00. The minimum atomic E-state index is 0.430. The molecule has 3 nitrogen and oxygen atoms in total. The average molecular weight is 315 g/mol. The van der Waals surface area contributed by atoms with Gasteiger partial charge < -0.3 is 4.74 Å². The topological polar surface area (TPSA) is 26.5 Å². The summed E-state index contributed by atoms with van der Waals surface area (Å²) in [7, 11) is 1.64. The van der Waals surface area contributed by atoms with E-state index >= 15 is 0 Å². The minimum absolute atomic E-state index is 0.430. The number of rotatable bonds is 3. The predicted octanol–water partition coefficient (Wildman–Crippen LogP) is 5.10. The molecule has 2 heterocycles. The fraction of sp³-hybridized carbons (Fsp3) is 0.278. The Bertz CT molecular complexity index is 836. The quantitative estimate of drug-likeness (QED) is 0.672. The van der Waals surface area contributed by atoms with Crippen LogP contribution in [0.15, 0.2) is 36.4 Å². The molecule has 0 unspecified atom stereocenters. The van der Waals surface area contributed by atoms with E-state index in [0.29, 0.717) is 10.9 Å². The number of fused-ring (bicyclic) bond motifs is 1. The Morgan fingerprint density at radius 1 is 1.18 bits per heavy atom. The third-order valence-corrected chi connectivity index (χ3v) is 4.22. The van der Waals surface area contributed by atoms with Crippen molar-refractivity contribution in [1.82, 2.24) is 9.61 Å². The maximum atomic E-state index is 6.43. The molecule has 0 N–H and O–H groups in total. The Morgan fingerprint density at radius 2 is 1.95 bits per heavy atom. The first-order chi connectivity index (χ1) is 10.5. The van der Waals surface area contributed by atoms with Crippen molar-refractivity contribution >= 4 is 17.1 Å². The van der Waals surface area contributed by atoms with Crippen LogP contribution in [0.1, 0.15) is 31.0 Å². The van der Waals surface area contributed by atoms with Gasteiger partial charge in [0.25, 0.3) is 0 Å². The number of aromatic nitrogens is 2. The molecule has 22 heavy (non-hydrogen) atoms. The molecule has 0 atom stereocenters. The lowest BCUT2D eigenvalue weighted by Gasteiger charge is -2.10. The van der Waals surface area contributed by atoms with E-state index in [0.717, 1.165) is 28.2 Å². The zero-order valence-electron chi connectivity index (χ0n) is 13.2. The third-order valence-electron chi connectivity index (χ3n) is 3.91. The second-order valence-corrected chi connectivity index (χ2v) is 6.11. The Morgan fingerprint density at radius 3 is 2.59 bits per heavy atom. The van der Waals surface area contributed by atoms with Gasteiger partial charge in [0.1, 0.15) is 5.75 Å². The summed E-state index contributed by atoms with van der Waals surface area (Å²) in [6.45, 7) is 6.44. The molecule has 0 bridgehead atoms. The van der Waals surface area contributed by atoms with E-state index in [4.69, 9.17) is 21.4 Å². The summed E-state index contributed by atoms with van der Waals surface area (Å²) >= 11 is 6.43. The molecule has 0 aliphatic carbocycles. The van der Waals surface area contributed by atoms with E-state index in [2.05, 4.69) is 32.9 Å². The van der Waals surface area contributed by atoms with Crippen molar-refractivity contribution in [3.05, 3.63) is 52.7 Å². The second-order valence-electron chi connectivity index (χ2n) is 5.71. The molecule has 0 aliphatic heterocycles. The first kappa shape index (κ1) is 14.9. The minimum Gasteiger partial charge on any atom is -0.497 e. The van der Waals surface area contributed by atoms with Crippen molar-refractivity contribution in [2.45, 2.75) is 26.7 Å². The molecule has 0 spiro atoms. The maximum Gasteiger partial charge on any atom is 0.120 e. The van der Waals surface area contributed by atoms with Crippen molar-refractivity contribution in [3.8, 4) is 17.0 Å². The van der Waals surface area contributed by atoms with Crippen molar-refractivity contribution in [3.63, 3.8) is 0 Å². The molecule has 2 aromatic heterocycles. The summed E-state index contributed by atoms with van der Waals surface area (Å²) in [6, 6.07) is 11.9. The van der Waals surface area contributed by atoms with Crippen molar-refractivity contribution in [1.29, 1.82) is 0 Å². The SMILES string of the molecule is COc1ccc(-c2cccc3c(C(C)C)c(C)nn23)c(Cl)c1. The lowest BCUT2D eigenvalue weighted by molar-refractivity contribution is 0.415. The Labute approximate surface area is 135 Å². The first-order valence-corrected chi connectivity index (χ1v) is 7.73. The number of nitrogens with zero attached hydrogens (tertiary/aromatic N) is 2. The van der Waals surface area contributed by atoms with Gasteiger partial charge >= 0.3 is 0 Å². The summed E-state index contributed by atoms with van der Waals surface area (Å²) < 4.78 is 7.21. The summed E-state index contributed by atoms with van der Waals surface area (Å²) in [4.78, 5) is 0. The number of halogens is 1. The van der Waals surface area contributed by atoms with Crippen LogP contribution in [0.2, 0.25) is 5.02 Å². The Kier molecular flexibility index (Phi) is 3.83. The van der Waals surface area contributed by atoms with Gasteiger partial charge in [0.2, 0.25) is 0 Å². The summed E-state index contributed by atoms with van der Waals surface area (Å²) in [5.74, 6) is 1.18. The van der Waals surface area contributed by atoms with Crippen LogP contribution in [-0.4, -0.2) is 16.7 Å². The lowest BCUT2D eigenvalue weighted by atomic mass is 10.0. The van der Waals surface area contributed by atoms with Crippen LogP contribution in [0.5, 0.6) is 5.75 Å². The number of methoxy groups -OCH3 is 1. The monoisotopic (exact) mass is 314 g/mol. The van der Waals surface area contributed by atoms with Crippen molar-refractivity contribution in [2.24, 2.45) is 0 Å². The van der Waals surface area contributed by atoms with Gasteiger partial charge in [0, 0.05) is 11.1 Å². The van der Waals surface area contributed by atoms with Crippen LogP contribution in [0.25, 0.3) is 16.8 Å². The molecule has 1 aromatic carbocycles. The highest BCUT2D eigenvalue weighted by atomic mass is 35.5. The maximum absolute atomic E-state index is 6.43. The molecule has 0 amide bonds. The molecule has 0 saturated heterocycles. The highest BCUT2D eigenvalue weighted by Gasteiger charge is 2.16. The van der Waals surface area contributed by atoms with Gasteiger partial charge in [-0.1, -0.05) is 31.5 Å². The van der Waals surface area contributed by atoms with Crippen molar-refractivity contribution < 1.29 is 4.74 Å². The van der Waals surface area contributed by atoms with Crippen LogP contribution in [0, 0.1) is 6.92 Å². The first-order valence-electron chi connectivity index (χ1n) is 7.35. The number of hydrogen-bond donors (Lipinski definition) is 0. The summed E-state index contributed by atoms with van der Waals surface area (Å²) in [5, 5.41) is 5.38. The molecule has 3 rings (SSSR count). The van der Waals surface area contributed by atoms with Gasteiger partial charge in [0.15, 0.2) is 0 Å². The molecule has 114 valence electrons. The standard InChI is InChI=1S/C18H19ClN2O/c1-11(2)18-12(3)20-21-16(6-5-7-17(18)21)14-9-8-13(22-4)10-15(14)19/h5-11H,1-4H3. The number of aryl methyl sites for hydroxylation is 1. The number of pyridine rings is 1. The Balaban J connectivity index is 2.26. The van der Waals surface area contributed by atoms with Crippen LogP contribution < -0.4 is 4.74 Å². The van der Waals surface area contributed by atoms with E-state index in [9.17, 15) is 0 Å². The van der Waals surface area contributed by atoms with Gasteiger partial charge in [-0.15, -0.1) is 0 Å². The normalized spacial score (nSPS) is 11.4. The van der Waals surface area contributed by atoms with Gasteiger partial charge in [-0.2, -0.15) is 5.10 Å².